The Morgan fingerprint density at radius 3 is 2.09 bits per heavy atom. The number of ether oxygens (including phenoxy) is 1. The molecule has 6 heteroatoms. The van der Waals surface area contributed by atoms with E-state index in [1.54, 1.807) is 24.3 Å². The number of benzene rings is 2. The summed E-state index contributed by atoms with van der Waals surface area (Å²) in [6.07, 6.45) is 5.40. The Morgan fingerprint density at radius 2 is 1.52 bits per heavy atom. The SMILES string of the molecule is Cc1cccc(C)c1Oc1ccc(NC(=O)CN2C(=O)[C@@H]3[C@H]4C=C[C@@H]([C@@H]5C[C@H]45)[C@H]3C2=O)cc1. The second-order valence-corrected chi connectivity index (χ2v) is 9.81. The molecule has 6 nitrogen and oxygen atoms in total. The Bertz CT molecular complexity index is 1140. The van der Waals surface area contributed by atoms with Gasteiger partial charge in [-0.25, -0.2) is 0 Å². The summed E-state index contributed by atoms with van der Waals surface area (Å²) in [6.45, 7) is 3.76. The van der Waals surface area contributed by atoms with Crippen LogP contribution in [0, 0.1) is 49.4 Å². The van der Waals surface area contributed by atoms with Gasteiger partial charge in [0.25, 0.3) is 0 Å². The van der Waals surface area contributed by atoms with Gasteiger partial charge in [0.2, 0.25) is 17.7 Å². The number of likely N-dealkylation sites (tertiary alicyclic amines) is 1. The lowest BCUT2D eigenvalue weighted by molar-refractivity contribution is -0.142. The quantitative estimate of drug-likeness (QED) is 0.559. The molecule has 2 saturated carbocycles. The topological polar surface area (TPSA) is 75.7 Å². The fourth-order valence-corrected chi connectivity index (χ4v) is 6.20. The molecule has 1 N–H and O–H groups in total. The molecule has 2 aromatic rings. The molecule has 168 valence electrons. The van der Waals surface area contributed by atoms with E-state index in [0.29, 0.717) is 23.3 Å². The van der Waals surface area contributed by atoms with Crippen molar-refractivity contribution in [2.75, 3.05) is 11.9 Å². The van der Waals surface area contributed by atoms with Crippen molar-refractivity contribution in [1.82, 2.24) is 4.90 Å². The molecule has 0 spiro atoms. The number of imide groups is 1. The zero-order valence-corrected chi connectivity index (χ0v) is 18.7. The smallest absolute Gasteiger partial charge is 0.244 e. The molecule has 3 amide bonds. The molecule has 2 bridgehead atoms. The van der Waals surface area contributed by atoms with Crippen LogP contribution in [0.5, 0.6) is 11.5 Å². The first-order valence-electron chi connectivity index (χ1n) is 11.6. The normalized spacial score (nSPS) is 30.8. The fraction of sp³-hybridized carbons (Fsp3) is 0.370. The third kappa shape index (κ3) is 3.19. The molecule has 2 aromatic carbocycles. The van der Waals surface area contributed by atoms with Gasteiger partial charge in [-0.15, -0.1) is 0 Å². The summed E-state index contributed by atoms with van der Waals surface area (Å²) in [5.74, 6) is 1.65. The van der Waals surface area contributed by atoms with E-state index in [-0.39, 0.29) is 47.9 Å². The number of hydrogen-bond acceptors (Lipinski definition) is 4. The zero-order chi connectivity index (χ0) is 22.9. The Hall–Kier alpha value is -3.41. The van der Waals surface area contributed by atoms with Gasteiger partial charge in [0, 0.05) is 5.69 Å². The van der Waals surface area contributed by atoms with Gasteiger partial charge in [0.1, 0.15) is 18.0 Å². The molecule has 0 unspecified atom stereocenters. The predicted molar refractivity (Wildman–Crippen MR) is 122 cm³/mol. The van der Waals surface area contributed by atoms with Gasteiger partial charge in [0.15, 0.2) is 0 Å². The molecular weight excluding hydrogens is 416 g/mol. The van der Waals surface area contributed by atoms with Crippen molar-refractivity contribution in [2.45, 2.75) is 20.3 Å². The lowest BCUT2D eigenvalue weighted by Crippen LogP contribution is -2.40. The predicted octanol–water partition coefficient (Wildman–Crippen LogP) is 4.09. The maximum absolute atomic E-state index is 13.0. The minimum absolute atomic E-state index is 0.166. The Morgan fingerprint density at radius 1 is 0.939 bits per heavy atom. The van der Waals surface area contributed by atoms with Crippen molar-refractivity contribution in [1.29, 1.82) is 0 Å². The molecule has 3 fully saturated rings. The van der Waals surface area contributed by atoms with Gasteiger partial charge in [-0.1, -0.05) is 30.4 Å². The number of para-hydroxylation sites is 1. The van der Waals surface area contributed by atoms with Gasteiger partial charge in [0.05, 0.1) is 11.8 Å². The van der Waals surface area contributed by atoms with Crippen molar-refractivity contribution < 1.29 is 19.1 Å². The number of nitrogens with zero attached hydrogens (tertiary/aromatic N) is 1. The van der Waals surface area contributed by atoms with Gasteiger partial charge in [-0.3, -0.25) is 19.3 Å². The minimum Gasteiger partial charge on any atom is -0.457 e. The van der Waals surface area contributed by atoms with Gasteiger partial charge in [-0.2, -0.15) is 0 Å². The summed E-state index contributed by atoms with van der Waals surface area (Å²) >= 11 is 0. The van der Waals surface area contributed by atoms with E-state index in [2.05, 4.69) is 17.5 Å². The van der Waals surface area contributed by atoms with Crippen LogP contribution in [0.1, 0.15) is 17.5 Å². The first kappa shape index (κ1) is 20.2. The van der Waals surface area contributed by atoms with E-state index in [1.165, 1.54) is 4.90 Å². The van der Waals surface area contributed by atoms with Crippen molar-refractivity contribution in [3.8, 4) is 11.5 Å². The number of carbonyl (C=O) groups is 3. The molecule has 7 rings (SSSR count). The van der Waals surface area contributed by atoms with E-state index in [1.807, 2.05) is 32.0 Å². The average molecular weight is 443 g/mol. The third-order valence-electron chi connectivity index (χ3n) is 7.82. The highest BCUT2D eigenvalue weighted by atomic mass is 16.5. The second-order valence-electron chi connectivity index (χ2n) is 9.81. The molecule has 5 aliphatic rings. The monoisotopic (exact) mass is 442 g/mol. The lowest BCUT2D eigenvalue weighted by atomic mass is 9.63. The first-order valence-corrected chi connectivity index (χ1v) is 11.6. The summed E-state index contributed by atoms with van der Waals surface area (Å²) in [5, 5.41) is 2.80. The first-order chi connectivity index (χ1) is 15.9. The van der Waals surface area contributed by atoms with Crippen LogP contribution in [0.3, 0.4) is 0 Å². The maximum Gasteiger partial charge on any atom is 0.244 e. The van der Waals surface area contributed by atoms with Crippen LogP contribution >= 0.6 is 0 Å². The third-order valence-corrected chi connectivity index (χ3v) is 7.82. The van der Waals surface area contributed by atoms with Crippen LogP contribution in [-0.4, -0.2) is 29.2 Å². The molecular formula is C27H26N2O4. The van der Waals surface area contributed by atoms with Gasteiger partial charge < -0.3 is 10.1 Å². The van der Waals surface area contributed by atoms with Crippen LogP contribution in [0.25, 0.3) is 0 Å². The van der Waals surface area contributed by atoms with Crippen LogP contribution in [0.4, 0.5) is 5.69 Å². The van der Waals surface area contributed by atoms with Crippen LogP contribution in [0.15, 0.2) is 54.6 Å². The van der Waals surface area contributed by atoms with E-state index < -0.39 is 0 Å². The van der Waals surface area contributed by atoms with Crippen molar-refractivity contribution >= 4 is 23.4 Å². The van der Waals surface area contributed by atoms with Crippen LogP contribution in [-0.2, 0) is 14.4 Å². The largest absolute Gasteiger partial charge is 0.457 e. The highest BCUT2D eigenvalue weighted by Crippen LogP contribution is 2.65. The Balaban J connectivity index is 1.10. The Kier molecular flexibility index (Phi) is 4.47. The molecule has 0 radical (unpaired) electrons. The molecule has 4 aliphatic carbocycles. The number of nitrogens with one attached hydrogen (secondary N) is 1. The van der Waals surface area contributed by atoms with Crippen molar-refractivity contribution in [3.63, 3.8) is 0 Å². The van der Waals surface area contributed by atoms with E-state index >= 15 is 0 Å². The average Bonchev–Trinajstić information content (AvgIpc) is 3.59. The number of allylic oxidation sites excluding steroid dienone is 2. The maximum atomic E-state index is 13.0. The molecule has 1 saturated heterocycles. The summed E-state index contributed by atoms with van der Waals surface area (Å²) in [4.78, 5) is 39.9. The molecule has 6 atom stereocenters. The number of anilines is 1. The fourth-order valence-electron chi connectivity index (χ4n) is 6.20. The molecule has 0 aromatic heterocycles. The standard InChI is InChI=1S/C27H26N2O4/c1-14-4-3-5-15(2)25(14)33-17-8-6-16(7-9-17)28-22(30)13-29-26(31)23-18-10-11-19(21-12-20(18)21)24(23)27(29)32/h3-11,18-21,23-24H,12-13H2,1-2H3,(H,28,30)/t18-,19-,20-,21+,23+,24+/m0/s1. The second kappa shape index (κ2) is 7.30. The molecule has 1 heterocycles. The molecule has 33 heavy (non-hydrogen) atoms. The van der Waals surface area contributed by atoms with Crippen molar-refractivity contribution in [2.24, 2.45) is 35.5 Å². The highest BCUT2D eigenvalue weighted by Gasteiger charge is 2.67. The summed E-state index contributed by atoms with van der Waals surface area (Å²) in [6, 6.07) is 13.1. The molecule has 1 aliphatic heterocycles. The summed E-state index contributed by atoms with van der Waals surface area (Å²) < 4.78 is 6.01. The lowest BCUT2D eigenvalue weighted by Gasteiger charge is -2.37. The highest BCUT2D eigenvalue weighted by molar-refractivity contribution is 6.09. The number of hydrogen-bond donors (Lipinski definition) is 1. The number of carbonyl (C=O) groups excluding carboxylic acids is 3. The number of amides is 3. The Labute approximate surface area is 192 Å². The summed E-state index contributed by atoms with van der Waals surface area (Å²) in [5.41, 5.74) is 2.69. The van der Waals surface area contributed by atoms with E-state index in [4.69, 9.17) is 4.74 Å². The van der Waals surface area contributed by atoms with Crippen LogP contribution < -0.4 is 10.1 Å². The summed E-state index contributed by atoms with van der Waals surface area (Å²) in [7, 11) is 0. The van der Waals surface area contributed by atoms with E-state index in [0.717, 1.165) is 23.3 Å². The zero-order valence-electron chi connectivity index (χ0n) is 18.7. The number of rotatable bonds is 5. The van der Waals surface area contributed by atoms with Gasteiger partial charge in [-0.05, 0) is 79.3 Å². The minimum atomic E-state index is -0.371. The van der Waals surface area contributed by atoms with Crippen molar-refractivity contribution in [3.05, 3.63) is 65.7 Å². The van der Waals surface area contributed by atoms with Crippen LogP contribution in [0.2, 0.25) is 0 Å². The van der Waals surface area contributed by atoms with E-state index in [9.17, 15) is 14.4 Å². The number of aryl methyl sites for hydroxylation is 2. The van der Waals surface area contributed by atoms with Gasteiger partial charge >= 0.3 is 0 Å².